The van der Waals surface area contributed by atoms with E-state index in [9.17, 15) is 9.90 Å². The Balaban J connectivity index is 1.49. The summed E-state index contributed by atoms with van der Waals surface area (Å²) in [6.07, 6.45) is 6.85. The van der Waals surface area contributed by atoms with Gasteiger partial charge in [0.2, 0.25) is 5.91 Å². The molecule has 1 fully saturated rings. The summed E-state index contributed by atoms with van der Waals surface area (Å²) in [5.41, 5.74) is 0.939. The van der Waals surface area contributed by atoms with Crippen LogP contribution in [0.5, 0.6) is 0 Å². The molecule has 1 atom stereocenters. The van der Waals surface area contributed by atoms with E-state index in [0.29, 0.717) is 25.3 Å². The van der Waals surface area contributed by atoms with E-state index >= 15 is 0 Å². The fourth-order valence-electron chi connectivity index (χ4n) is 3.77. The van der Waals surface area contributed by atoms with E-state index in [2.05, 4.69) is 17.4 Å². The maximum atomic E-state index is 12.0. The van der Waals surface area contributed by atoms with E-state index in [4.69, 9.17) is 0 Å². The molecule has 24 heavy (non-hydrogen) atoms. The number of hydrogen-bond donors (Lipinski definition) is 2. The molecule has 3 rings (SSSR count). The van der Waals surface area contributed by atoms with Crippen molar-refractivity contribution in [3.8, 4) is 0 Å². The zero-order valence-electron chi connectivity index (χ0n) is 14.2. The highest BCUT2D eigenvalue weighted by molar-refractivity contribution is 5.86. The Morgan fingerprint density at radius 2 is 1.83 bits per heavy atom. The van der Waals surface area contributed by atoms with Gasteiger partial charge in [-0.2, -0.15) is 0 Å². The summed E-state index contributed by atoms with van der Waals surface area (Å²) in [6, 6.07) is 14.1. The molecule has 1 aliphatic rings. The third kappa shape index (κ3) is 4.35. The van der Waals surface area contributed by atoms with Crippen molar-refractivity contribution in [1.29, 1.82) is 0 Å². The second-order valence-corrected chi connectivity index (χ2v) is 6.93. The van der Waals surface area contributed by atoms with Crippen molar-refractivity contribution in [2.45, 2.75) is 51.0 Å². The summed E-state index contributed by atoms with van der Waals surface area (Å²) in [7, 11) is 0. The summed E-state index contributed by atoms with van der Waals surface area (Å²) in [4.78, 5) is 12.0. The number of amides is 1. The van der Waals surface area contributed by atoms with Crippen molar-refractivity contribution < 1.29 is 9.90 Å². The number of carbonyl (C=O) groups is 1. The molecule has 1 saturated carbocycles. The molecular formula is C21H27NO2. The zero-order valence-corrected chi connectivity index (χ0v) is 14.2. The standard InChI is InChI=1S/C21H27NO2/c23-20(19-12-6-10-17-9-4-5-11-18(17)19)13-14-22-21(24)15-16-7-2-1-3-8-16/h4-6,9-12,16,20,23H,1-3,7-8,13-15H2,(H,22,24). The third-order valence-electron chi connectivity index (χ3n) is 5.12. The van der Waals surface area contributed by atoms with Crippen LogP contribution >= 0.6 is 0 Å². The van der Waals surface area contributed by atoms with Crippen LogP contribution in [-0.2, 0) is 4.79 Å². The minimum atomic E-state index is -0.550. The number of aliphatic hydroxyl groups is 1. The minimum absolute atomic E-state index is 0.131. The molecule has 0 aromatic heterocycles. The van der Waals surface area contributed by atoms with Crippen LogP contribution in [0.2, 0.25) is 0 Å². The van der Waals surface area contributed by atoms with Crippen LogP contribution < -0.4 is 5.32 Å². The van der Waals surface area contributed by atoms with Crippen LogP contribution in [0.15, 0.2) is 42.5 Å². The highest BCUT2D eigenvalue weighted by Crippen LogP contribution is 2.27. The first-order valence-electron chi connectivity index (χ1n) is 9.16. The number of aliphatic hydroxyl groups excluding tert-OH is 1. The van der Waals surface area contributed by atoms with Crippen molar-refractivity contribution in [1.82, 2.24) is 5.32 Å². The Labute approximate surface area is 144 Å². The van der Waals surface area contributed by atoms with E-state index in [0.717, 1.165) is 16.3 Å². The quantitative estimate of drug-likeness (QED) is 0.829. The number of benzene rings is 2. The van der Waals surface area contributed by atoms with E-state index in [1.807, 2.05) is 30.3 Å². The molecule has 1 amide bonds. The molecule has 2 N–H and O–H groups in total. The molecule has 0 heterocycles. The Bertz CT molecular complexity index is 671. The molecule has 0 bridgehead atoms. The smallest absolute Gasteiger partial charge is 0.220 e. The van der Waals surface area contributed by atoms with E-state index < -0.39 is 6.10 Å². The molecule has 1 aliphatic carbocycles. The number of carbonyl (C=O) groups excluding carboxylic acids is 1. The van der Waals surface area contributed by atoms with Gasteiger partial charge in [-0.15, -0.1) is 0 Å². The highest BCUT2D eigenvalue weighted by atomic mass is 16.3. The predicted molar refractivity (Wildman–Crippen MR) is 97.7 cm³/mol. The third-order valence-corrected chi connectivity index (χ3v) is 5.12. The van der Waals surface area contributed by atoms with Crippen LogP contribution in [0.1, 0.15) is 56.6 Å². The van der Waals surface area contributed by atoms with Gasteiger partial charge in [-0.1, -0.05) is 61.7 Å². The number of rotatable bonds is 6. The average molecular weight is 325 g/mol. The minimum Gasteiger partial charge on any atom is -0.388 e. The predicted octanol–water partition coefficient (Wildman–Crippen LogP) is 4.35. The van der Waals surface area contributed by atoms with Crippen LogP contribution in [0.3, 0.4) is 0 Å². The fourth-order valence-corrected chi connectivity index (χ4v) is 3.77. The summed E-state index contributed by atoms with van der Waals surface area (Å²) in [5, 5.41) is 15.7. The first-order valence-corrected chi connectivity index (χ1v) is 9.16. The zero-order chi connectivity index (χ0) is 16.8. The largest absolute Gasteiger partial charge is 0.388 e. The summed E-state index contributed by atoms with van der Waals surface area (Å²) in [6.45, 7) is 0.524. The fraction of sp³-hybridized carbons (Fsp3) is 0.476. The van der Waals surface area contributed by atoms with Crippen LogP contribution in [0, 0.1) is 5.92 Å². The lowest BCUT2D eigenvalue weighted by Crippen LogP contribution is -2.28. The molecule has 0 radical (unpaired) electrons. The van der Waals surface area contributed by atoms with Crippen LogP contribution in [-0.4, -0.2) is 17.6 Å². The Hall–Kier alpha value is -1.87. The van der Waals surface area contributed by atoms with Crippen molar-refractivity contribution in [3.63, 3.8) is 0 Å². The molecule has 1 unspecified atom stereocenters. The van der Waals surface area contributed by atoms with Gasteiger partial charge in [0.15, 0.2) is 0 Å². The Kier molecular flexibility index (Phi) is 5.86. The summed E-state index contributed by atoms with van der Waals surface area (Å²) < 4.78 is 0. The second kappa shape index (κ2) is 8.29. The molecule has 0 spiro atoms. The average Bonchev–Trinajstić information content (AvgIpc) is 2.62. The maximum Gasteiger partial charge on any atom is 0.220 e. The van der Waals surface area contributed by atoms with Gasteiger partial charge in [0.25, 0.3) is 0 Å². The van der Waals surface area contributed by atoms with Crippen molar-refractivity contribution in [3.05, 3.63) is 48.0 Å². The van der Waals surface area contributed by atoms with Crippen LogP contribution in [0.25, 0.3) is 10.8 Å². The number of nitrogens with one attached hydrogen (secondary N) is 1. The number of fused-ring (bicyclic) bond motifs is 1. The summed E-state index contributed by atoms with van der Waals surface area (Å²) >= 11 is 0. The first kappa shape index (κ1) is 17.0. The van der Waals surface area contributed by atoms with Gasteiger partial charge < -0.3 is 10.4 Å². The molecule has 2 aromatic rings. The van der Waals surface area contributed by atoms with Crippen molar-refractivity contribution in [2.24, 2.45) is 5.92 Å². The van der Waals surface area contributed by atoms with E-state index in [1.54, 1.807) is 0 Å². The van der Waals surface area contributed by atoms with Gasteiger partial charge in [0, 0.05) is 13.0 Å². The van der Waals surface area contributed by atoms with Gasteiger partial charge in [-0.05, 0) is 41.5 Å². The topological polar surface area (TPSA) is 49.3 Å². The highest BCUT2D eigenvalue weighted by Gasteiger charge is 2.17. The maximum absolute atomic E-state index is 12.0. The molecule has 3 heteroatoms. The lowest BCUT2D eigenvalue weighted by Gasteiger charge is -2.21. The monoisotopic (exact) mass is 325 g/mol. The van der Waals surface area contributed by atoms with Gasteiger partial charge in [0.1, 0.15) is 0 Å². The van der Waals surface area contributed by atoms with Gasteiger partial charge >= 0.3 is 0 Å². The second-order valence-electron chi connectivity index (χ2n) is 6.93. The summed E-state index contributed by atoms with van der Waals surface area (Å²) in [5.74, 6) is 0.689. The Morgan fingerprint density at radius 1 is 1.08 bits per heavy atom. The lowest BCUT2D eigenvalue weighted by molar-refractivity contribution is -0.122. The van der Waals surface area contributed by atoms with E-state index in [-0.39, 0.29) is 5.91 Å². The lowest BCUT2D eigenvalue weighted by atomic mass is 9.87. The Morgan fingerprint density at radius 3 is 2.67 bits per heavy atom. The van der Waals surface area contributed by atoms with Gasteiger partial charge in [0.05, 0.1) is 6.10 Å². The van der Waals surface area contributed by atoms with Crippen LogP contribution in [0.4, 0.5) is 0 Å². The van der Waals surface area contributed by atoms with E-state index in [1.165, 1.54) is 32.1 Å². The molecule has 0 aliphatic heterocycles. The molecule has 0 saturated heterocycles. The SMILES string of the molecule is O=C(CC1CCCCC1)NCCC(O)c1cccc2ccccc12. The first-order chi connectivity index (χ1) is 11.7. The van der Waals surface area contributed by atoms with Gasteiger partial charge in [-0.25, -0.2) is 0 Å². The van der Waals surface area contributed by atoms with Crippen molar-refractivity contribution in [2.75, 3.05) is 6.54 Å². The molecular weight excluding hydrogens is 298 g/mol. The van der Waals surface area contributed by atoms with Crippen molar-refractivity contribution >= 4 is 16.7 Å². The molecule has 3 nitrogen and oxygen atoms in total. The molecule has 128 valence electrons. The normalized spacial score (nSPS) is 16.9. The number of hydrogen-bond acceptors (Lipinski definition) is 2. The van der Waals surface area contributed by atoms with Gasteiger partial charge in [-0.3, -0.25) is 4.79 Å². The molecule has 2 aromatic carbocycles.